The van der Waals surface area contributed by atoms with Crippen LogP contribution in [0.4, 0.5) is 11.4 Å². The molecular weight excluding hydrogens is 472 g/mol. The Morgan fingerprint density at radius 2 is 1.62 bits per heavy atom. The van der Waals surface area contributed by atoms with Crippen molar-refractivity contribution in [2.24, 2.45) is 0 Å². The predicted molar refractivity (Wildman–Crippen MR) is 142 cm³/mol. The van der Waals surface area contributed by atoms with Gasteiger partial charge in [-0.2, -0.15) is 0 Å². The Morgan fingerprint density at radius 1 is 0.919 bits per heavy atom. The topological polar surface area (TPSA) is 109 Å². The van der Waals surface area contributed by atoms with E-state index in [-0.39, 0.29) is 11.8 Å². The van der Waals surface area contributed by atoms with Gasteiger partial charge in [-0.05, 0) is 56.1 Å². The van der Waals surface area contributed by atoms with Gasteiger partial charge >= 0.3 is 5.97 Å². The van der Waals surface area contributed by atoms with E-state index in [0.717, 1.165) is 5.56 Å². The van der Waals surface area contributed by atoms with E-state index in [9.17, 15) is 14.4 Å². The van der Waals surface area contributed by atoms with Gasteiger partial charge in [0, 0.05) is 23.4 Å². The number of hydrogen-bond donors (Lipinski definition) is 3. The molecule has 3 aromatic carbocycles. The minimum atomic E-state index is -0.483. The summed E-state index contributed by atoms with van der Waals surface area (Å²) in [5.41, 5.74) is 6.92. The third-order valence-electron chi connectivity index (χ3n) is 5.72. The van der Waals surface area contributed by atoms with Crippen molar-refractivity contribution in [3.63, 3.8) is 0 Å². The number of hydroxylamine groups is 1. The molecule has 0 radical (unpaired) electrons. The van der Waals surface area contributed by atoms with Gasteiger partial charge in [-0.1, -0.05) is 36.4 Å². The Labute approximate surface area is 215 Å². The highest BCUT2D eigenvalue weighted by atomic mass is 16.7. The normalized spacial score (nSPS) is 13.6. The van der Waals surface area contributed by atoms with Crippen LogP contribution in [0.2, 0.25) is 0 Å². The summed E-state index contributed by atoms with van der Waals surface area (Å²) in [5.74, 6) is -1.13. The highest BCUT2D eigenvalue weighted by Gasteiger charge is 2.29. The maximum absolute atomic E-state index is 13.1. The summed E-state index contributed by atoms with van der Waals surface area (Å²) in [7, 11) is 5.15. The van der Waals surface area contributed by atoms with E-state index in [4.69, 9.17) is 9.57 Å². The minimum absolute atomic E-state index is 0.297. The molecule has 1 heterocycles. The van der Waals surface area contributed by atoms with Crippen molar-refractivity contribution in [3.8, 4) is 0 Å². The van der Waals surface area contributed by atoms with Gasteiger partial charge in [0.05, 0.1) is 36.2 Å². The largest absolute Gasteiger partial charge is 0.465 e. The Morgan fingerprint density at radius 3 is 2.30 bits per heavy atom. The summed E-state index contributed by atoms with van der Waals surface area (Å²) in [6.07, 6.45) is 0. The zero-order chi connectivity index (χ0) is 26.4. The van der Waals surface area contributed by atoms with Gasteiger partial charge in [-0.15, -0.1) is 0 Å². The number of nitrogens with one attached hydrogen (secondary N) is 3. The zero-order valence-corrected chi connectivity index (χ0v) is 20.8. The first-order valence-electron chi connectivity index (χ1n) is 11.6. The number of rotatable bonds is 9. The van der Waals surface area contributed by atoms with Crippen LogP contribution in [0.15, 0.2) is 72.8 Å². The summed E-state index contributed by atoms with van der Waals surface area (Å²) >= 11 is 0. The minimum Gasteiger partial charge on any atom is -0.465 e. The molecule has 0 aliphatic carbocycles. The molecule has 0 unspecified atom stereocenters. The fourth-order valence-electron chi connectivity index (χ4n) is 3.80. The van der Waals surface area contributed by atoms with Crippen LogP contribution < -0.4 is 16.1 Å². The van der Waals surface area contributed by atoms with Crippen LogP contribution in [-0.4, -0.2) is 57.0 Å². The van der Waals surface area contributed by atoms with Crippen molar-refractivity contribution in [2.75, 3.05) is 45.0 Å². The number of amides is 2. The second-order valence-electron chi connectivity index (χ2n) is 8.61. The fourth-order valence-corrected chi connectivity index (χ4v) is 3.80. The van der Waals surface area contributed by atoms with E-state index < -0.39 is 5.97 Å². The molecule has 0 saturated heterocycles. The number of esters is 1. The van der Waals surface area contributed by atoms with Crippen LogP contribution in [-0.2, 0) is 14.4 Å². The number of carbonyl (C=O) groups excluding carboxylic acids is 3. The van der Waals surface area contributed by atoms with Crippen molar-refractivity contribution in [1.29, 1.82) is 0 Å². The molecule has 0 saturated carbocycles. The average Bonchev–Trinajstić information content (AvgIpc) is 3.24. The number of ether oxygens (including phenoxy) is 1. The van der Waals surface area contributed by atoms with Crippen molar-refractivity contribution >= 4 is 40.4 Å². The van der Waals surface area contributed by atoms with E-state index in [1.54, 1.807) is 42.5 Å². The van der Waals surface area contributed by atoms with Crippen LogP contribution in [0.3, 0.4) is 0 Å². The summed E-state index contributed by atoms with van der Waals surface area (Å²) in [6, 6.07) is 21.3. The molecule has 2 amide bonds. The van der Waals surface area contributed by atoms with Crippen molar-refractivity contribution < 1.29 is 24.0 Å². The lowest BCUT2D eigenvalue weighted by atomic mass is 9.99. The highest BCUT2D eigenvalue weighted by Crippen LogP contribution is 2.38. The lowest BCUT2D eigenvalue weighted by molar-refractivity contribution is -0.110. The maximum atomic E-state index is 13.1. The Kier molecular flexibility index (Phi) is 7.97. The molecule has 1 aliphatic heterocycles. The quantitative estimate of drug-likeness (QED) is 0.178. The van der Waals surface area contributed by atoms with Crippen molar-refractivity contribution in [3.05, 3.63) is 95.1 Å². The van der Waals surface area contributed by atoms with Gasteiger partial charge in [0.25, 0.3) is 11.8 Å². The van der Waals surface area contributed by atoms with Gasteiger partial charge in [0.1, 0.15) is 0 Å². The number of anilines is 2. The Balaban J connectivity index is 1.62. The third-order valence-corrected chi connectivity index (χ3v) is 5.72. The number of methoxy groups -OCH3 is 1. The van der Waals surface area contributed by atoms with Gasteiger partial charge < -0.3 is 20.3 Å². The van der Waals surface area contributed by atoms with Crippen LogP contribution in [0.1, 0.15) is 31.8 Å². The first-order chi connectivity index (χ1) is 17.9. The SMILES string of the molecule is COC(=O)c1ccc2c(c1)NC(=O)C2=C(Nc1ccc(C(=O)NOCCN(C)C)cc1)c1ccccc1. The molecule has 0 fully saturated rings. The van der Waals surface area contributed by atoms with Crippen LogP contribution in [0.5, 0.6) is 0 Å². The van der Waals surface area contributed by atoms with E-state index in [1.807, 2.05) is 49.3 Å². The molecule has 37 heavy (non-hydrogen) atoms. The molecule has 1 aliphatic rings. The number of fused-ring (bicyclic) bond motifs is 1. The molecule has 3 N–H and O–H groups in total. The molecule has 4 rings (SSSR count). The first kappa shape index (κ1) is 25.6. The van der Waals surface area contributed by atoms with E-state index in [2.05, 4.69) is 16.1 Å². The molecule has 0 bridgehead atoms. The Hall–Kier alpha value is -4.47. The first-order valence-corrected chi connectivity index (χ1v) is 11.6. The molecule has 3 aromatic rings. The number of likely N-dealkylation sites (N-methyl/N-ethyl adjacent to an activating group) is 1. The van der Waals surface area contributed by atoms with Gasteiger partial charge in [0.15, 0.2) is 0 Å². The second kappa shape index (κ2) is 11.5. The summed E-state index contributed by atoms with van der Waals surface area (Å²) < 4.78 is 4.79. The summed E-state index contributed by atoms with van der Waals surface area (Å²) in [4.78, 5) is 44.6. The maximum Gasteiger partial charge on any atom is 0.337 e. The lowest BCUT2D eigenvalue weighted by Gasteiger charge is -2.15. The number of benzene rings is 3. The number of hydrogen-bond acceptors (Lipinski definition) is 7. The van der Waals surface area contributed by atoms with Crippen LogP contribution >= 0.6 is 0 Å². The van der Waals surface area contributed by atoms with Crippen molar-refractivity contribution in [1.82, 2.24) is 10.4 Å². The molecule has 190 valence electrons. The van der Waals surface area contributed by atoms with Gasteiger partial charge in [-0.25, -0.2) is 10.3 Å². The number of nitrogens with zero attached hydrogens (tertiary/aromatic N) is 1. The average molecular weight is 501 g/mol. The molecule has 0 aromatic heterocycles. The number of carbonyl (C=O) groups is 3. The molecule has 0 atom stereocenters. The predicted octanol–water partition coefficient (Wildman–Crippen LogP) is 3.63. The lowest BCUT2D eigenvalue weighted by Crippen LogP contribution is -2.28. The zero-order valence-electron chi connectivity index (χ0n) is 20.8. The van der Waals surface area contributed by atoms with Crippen LogP contribution in [0, 0.1) is 0 Å². The molecule has 9 nitrogen and oxygen atoms in total. The molecular formula is C28H28N4O5. The molecule has 0 spiro atoms. The van der Waals surface area contributed by atoms with Gasteiger partial charge in [-0.3, -0.25) is 14.4 Å². The standard InChI is InChI=1S/C28H28N4O5/c1-32(2)15-16-37-31-26(33)19-9-12-21(13-10-19)29-25(18-7-5-4-6-8-18)24-22-14-11-20(28(35)36-3)17-23(22)30-27(24)34/h4-14,17,29H,15-16H2,1-3H3,(H,30,34)(H,31,33). The smallest absolute Gasteiger partial charge is 0.337 e. The summed E-state index contributed by atoms with van der Waals surface area (Å²) in [6.45, 7) is 1.05. The summed E-state index contributed by atoms with van der Waals surface area (Å²) in [5, 5.41) is 6.19. The van der Waals surface area contributed by atoms with Crippen LogP contribution in [0.25, 0.3) is 11.3 Å². The van der Waals surface area contributed by atoms with Gasteiger partial charge in [0.2, 0.25) is 0 Å². The van der Waals surface area contributed by atoms with E-state index >= 15 is 0 Å². The highest BCUT2D eigenvalue weighted by molar-refractivity contribution is 6.37. The fraction of sp³-hybridized carbons (Fsp3) is 0.179. The van der Waals surface area contributed by atoms with Crippen molar-refractivity contribution in [2.45, 2.75) is 0 Å². The Bertz CT molecular complexity index is 1330. The third kappa shape index (κ3) is 6.03. The van der Waals surface area contributed by atoms with E-state index in [0.29, 0.717) is 52.5 Å². The second-order valence-corrected chi connectivity index (χ2v) is 8.61. The van der Waals surface area contributed by atoms with E-state index in [1.165, 1.54) is 7.11 Å². The monoisotopic (exact) mass is 500 g/mol. The molecule has 9 heteroatoms.